The third-order valence-corrected chi connectivity index (χ3v) is 5.48. The van der Waals surface area contributed by atoms with Gasteiger partial charge in [-0.05, 0) is 57.5 Å². The van der Waals surface area contributed by atoms with E-state index in [1.807, 2.05) is 0 Å². The lowest BCUT2D eigenvalue weighted by molar-refractivity contribution is -0.0155. The van der Waals surface area contributed by atoms with Crippen LogP contribution in [0.25, 0.3) is 0 Å². The molecule has 13 heavy (non-hydrogen) atoms. The number of rotatable bonds is 1. The highest BCUT2D eigenvalue weighted by Crippen LogP contribution is 2.62. The lowest BCUT2D eigenvalue weighted by atomic mass is 9.63. The molecule has 1 heteroatoms. The minimum absolute atomic E-state index is 0.440. The van der Waals surface area contributed by atoms with E-state index >= 15 is 0 Å². The van der Waals surface area contributed by atoms with Gasteiger partial charge in [0.25, 0.3) is 0 Å². The molecule has 0 unspecified atom stereocenters. The summed E-state index contributed by atoms with van der Waals surface area (Å²) in [6.45, 7) is 7.41. The Hall–Kier alpha value is -0.0400. The molecule has 0 N–H and O–H groups in total. The van der Waals surface area contributed by atoms with E-state index in [-0.39, 0.29) is 0 Å². The number of nitrogens with zero attached hydrogens (tertiary/aromatic N) is 1. The summed E-state index contributed by atoms with van der Waals surface area (Å²) in [5.41, 5.74) is 0.954. The first-order valence-corrected chi connectivity index (χ1v) is 5.58. The minimum atomic E-state index is 0.440. The van der Waals surface area contributed by atoms with Crippen LogP contribution in [0.3, 0.4) is 0 Å². The van der Waals surface area contributed by atoms with Crippen molar-refractivity contribution in [2.75, 3.05) is 14.1 Å². The predicted octanol–water partition coefficient (Wildman–Crippen LogP) is 2.76. The maximum atomic E-state index is 2.47. The summed E-state index contributed by atoms with van der Waals surface area (Å²) in [5.74, 6) is 1.92. The fraction of sp³-hybridized carbons (Fsp3) is 1.00. The van der Waals surface area contributed by atoms with Gasteiger partial charge in [0.1, 0.15) is 0 Å². The molecular formula is C12H23N. The van der Waals surface area contributed by atoms with Crippen LogP contribution in [0.2, 0.25) is 0 Å². The van der Waals surface area contributed by atoms with Crippen LogP contribution >= 0.6 is 0 Å². The average molecular weight is 181 g/mol. The zero-order valence-electron chi connectivity index (χ0n) is 9.72. The van der Waals surface area contributed by atoms with Crippen molar-refractivity contribution in [3.63, 3.8) is 0 Å². The summed E-state index contributed by atoms with van der Waals surface area (Å²) in [7, 11) is 4.50. The first kappa shape index (κ1) is 9.51. The molecule has 3 atom stereocenters. The van der Waals surface area contributed by atoms with Crippen molar-refractivity contribution in [2.45, 2.75) is 45.6 Å². The standard InChI is InChI=1S/C12H23N/c1-11(2)9-6-7-10(8-9)12(11,3)13(4)5/h9-10H,6-8H2,1-5H3/t9-,10-,12+/m0/s1. The van der Waals surface area contributed by atoms with Gasteiger partial charge in [-0.15, -0.1) is 0 Å². The molecule has 2 fully saturated rings. The van der Waals surface area contributed by atoms with Gasteiger partial charge in [0.2, 0.25) is 0 Å². The van der Waals surface area contributed by atoms with E-state index in [9.17, 15) is 0 Å². The van der Waals surface area contributed by atoms with E-state index in [0.29, 0.717) is 11.0 Å². The van der Waals surface area contributed by atoms with Gasteiger partial charge in [-0.2, -0.15) is 0 Å². The maximum absolute atomic E-state index is 2.47. The predicted molar refractivity (Wildman–Crippen MR) is 56.7 cm³/mol. The van der Waals surface area contributed by atoms with E-state index in [1.165, 1.54) is 19.3 Å². The van der Waals surface area contributed by atoms with Crippen molar-refractivity contribution < 1.29 is 0 Å². The van der Waals surface area contributed by atoms with Gasteiger partial charge in [-0.25, -0.2) is 0 Å². The highest BCUT2D eigenvalue weighted by Gasteiger charge is 2.61. The van der Waals surface area contributed by atoms with Crippen LogP contribution in [-0.2, 0) is 0 Å². The van der Waals surface area contributed by atoms with Crippen LogP contribution in [0.1, 0.15) is 40.0 Å². The molecule has 0 aliphatic heterocycles. The quantitative estimate of drug-likeness (QED) is 0.601. The second kappa shape index (κ2) is 2.50. The van der Waals surface area contributed by atoms with Crippen LogP contribution in [0.15, 0.2) is 0 Å². The SMILES string of the molecule is CN(C)[C@]1(C)[C@H]2CC[C@@H](C2)C1(C)C. The molecule has 0 heterocycles. The first-order chi connectivity index (χ1) is 5.90. The Morgan fingerprint density at radius 2 is 1.54 bits per heavy atom. The van der Waals surface area contributed by atoms with Gasteiger partial charge < -0.3 is 4.90 Å². The lowest BCUT2D eigenvalue weighted by Gasteiger charge is -2.52. The Bertz CT molecular complexity index is 219. The van der Waals surface area contributed by atoms with Crippen molar-refractivity contribution in [3.05, 3.63) is 0 Å². The number of fused-ring (bicyclic) bond motifs is 2. The molecule has 0 aromatic heterocycles. The van der Waals surface area contributed by atoms with Gasteiger partial charge in [-0.3, -0.25) is 0 Å². The van der Waals surface area contributed by atoms with Crippen molar-refractivity contribution in [1.29, 1.82) is 0 Å². The fourth-order valence-corrected chi connectivity index (χ4v) is 4.03. The van der Waals surface area contributed by atoms with E-state index in [0.717, 1.165) is 11.8 Å². The summed E-state index contributed by atoms with van der Waals surface area (Å²) in [6, 6.07) is 0. The van der Waals surface area contributed by atoms with Gasteiger partial charge in [0.15, 0.2) is 0 Å². The molecule has 0 amide bonds. The summed E-state index contributed by atoms with van der Waals surface area (Å²) >= 11 is 0. The zero-order valence-corrected chi connectivity index (χ0v) is 9.72. The third kappa shape index (κ3) is 0.918. The molecule has 0 radical (unpaired) electrons. The molecule has 0 aromatic carbocycles. The molecule has 2 aliphatic rings. The lowest BCUT2D eigenvalue weighted by Crippen LogP contribution is -2.56. The topological polar surface area (TPSA) is 3.24 Å². The van der Waals surface area contributed by atoms with Crippen LogP contribution in [0.5, 0.6) is 0 Å². The minimum Gasteiger partial charge on any atom is -0.303 e. The molecule has 0 spiro atoms. The van der Waals surface area contributed by atoms with Crippen LogP contribution < -0.4 is 0 Å². The molecule has 2 saturated carbocycles. The average Bonchev–Trinajstić information content (AvgIpc) is 2.54. The van der Waals surface area contributed by atoms with Crippen molar-refractivity contribution in [2.24, 2.45) is 17.3 Å². The van der Waals surface area contributed by atoms with Gasteiger partial charge in [0, 0.05) is 5.54 Å². The van der Waals surface area contributed by atoms with E-state index in [2.05, 4.69) is 39.8 Å². The zero-order chi connectivity index (χ0) is 9.85. The van der Waals surface area contributed by atoms with E-state index in [1.54, 1.807) is 0 Å². The molecular weight excluding hydrogens is 158 g/mol. The van der Waals surface area contributed by atoms with Crippen LogP contribution in [-0.4, -0.2) is 24.5 Å². The van der Waals surface area contributed by atoms with Gasteiger partial charge in [0.05, 0.1) is 0 Å². The second-order valence-corrected chi connectivity index (χ2v) is 5.97. The Morgan fingerprint density at radius 1 is 1.00 bits per heavy atom. The summed E-state index contributed by atoms with van der Waals surface area (Å²) in [5, 5.41) is 0. The molecule has 0 saturated heterocycles. The van der Waals surface area contributed by atoms with Crippen LogP contribution in [0.4, 0.5) is 0 Å². The summed E-state index contributed by atoms with van der Waals surface area (Å²) in [6.07, 6.45) is 4.41. The maximum Gasteiger partial charge on any atom is 0.0257 e. The molecule has 2 rings (SSSR count). The van der Waals surface area contributed by atoms with E-state index in [4.69, 9.17) is 0 Å². The van der Waals surface area contributed by atoms with Crippen LogP contribution in [0, 0.1) is 17.3 Å². The highest BCUT2D eigenvalue weighted by atomic mass is 15.2. The summed E-state index contributed by atoms with van der Waals surface area (Å²) in [4.78, 5) is 2.47. The Morgan fingerprint density at radius 3 is 1.85 bits per heavy atom. The fourth-order valence-electron chi connectivity index (χ4n) is 4.03. The molecule has 2 aliphatic carbocycles. The second-order valence-electron chi connectivity index (χ2n) is 5.97. The van der Waals surface area contributed by atoms with Crippen molar-refractivity contribution in [3.8, 4) is 0 Å². The number of hydrogen-bond acceptors (Lipinski definition) is 1. The highest BCUT2D eigenvalue weighted by molar-refractivity contribution is 5.13. The molecule has 1 nitrogen and oxygen atoms in total. The first-order valence-electron chi connectivity index (χ1n) is 5.58. The molecule has 2 bridgehead atoms. The van der Waals surface area contributed by atoms with Gasteiger partial charge >= 0.3 is 0 Å². The molecule has 76 valence electrons. The smallest absolute Gasteiger partial charge is 0.0257 e. The molecule has 0 aromatic rings. The van der Waals surface area contributed by atoms with E-state index < -0.39 is 0 Å². The monoisotopic (exact) mass is 181 g/mol. The summed E-state index contributed by atoms with van der Waals surface area (Å²) < 4.78 is 0. The van der Waals surface area contributed by atoms with Crippen molar-refractivity contribution >= 4 is 0 Å². The van der Waals surface area contributed by atoms with Gasteiger partial charge in [-0.1, -0.05) is 13.8 Å². The number of hydrogen-bond donors (Lipinski definition) is 0. The largest absolute Gasteiger partial charge is 0.303 e. The Balaban J connectivity index is 2.38. The normalized spacial score (nSPS) is 47.5. The Kier molecular flexibility index (Phi) is 1.83. The Labute approximate surface area is 82.5 Å². The van der Waals surface area contributed by atoms with Crippen molar-refractivity contribution in [1.82, 2.24) is 4.90 Å². The third-order valence-electron chi connectivity index (χ3n) is 5.48.